The summed E-state index contributed by atoms with van der Waals surface area (Å²) in [7, 11) is -3.65. The van der Waals surface area contributed by atoms with Crippen molar-refractivity contribution in [1.82, 2.24) is 14.7 Å². The Morgan fingerprint density at radius 3 is 2.67 bits per heavy atom. The van der Waals surface area contributed by atoms with Crippen LogP contribution in [-0.4, -0.2) is 47.1 Å². The number of carboxylic acids is 1. The Morgan fingerprint density at radius 1 is 1.38 bits per heavy atom. The number of amides is 1. The number of carbonyl (C=O) groups excluding carboxylic acids is 1. The van der Waals surface area contributed by atoms with E-state index in [4.69, 9.17) is 0 Å². The smallest absolute Gasteiger partial charge is 0.326 e. The molecule has 0 unspecified atom stereocenters. The van der Waals surface area contributed by atoms with Crippen molar-refractivity contribution in [2.24, 2.45) is 0 Å². The first-order valence-corrected chi connectivity index (χ1v) is 9.35. The molecule has 0 saturated heterocycles. The maximum atomic E-state index is 12.4. The van der Waals surface area contributed by atoms with E-state index in [2.05, 4.69) is 10.3 Å². The molecular weight excluding hydrogens is 334 g/mol. The standard InChI is InChI=1S/C15H19N3O5S/c1-3-4-7-10(14(20)21)16-13(19)12-11-8-5-6-9-18(11)15(17-12)24(2,22)23/h5-6,8-10H,3-4,7H2,1-2H3,(H,16,19)(H,20,21)/t10-/m0/s1. The van der Waals surface area contributed by atoms with Crippen molar-refractivity contribution in [3.63, 3.8) is 0 Å². The van der Waals surface area contributed by atoms with Crippen LogP contribution in [0.3, 0.4) is 0 Å². The third kappa shape index (κ3) is 3.73. The molecule has 2 aromatic rings. The van der Waals surface area contributed by atoms with Gasteiger partial charge in [-0.25, -0.2) is 18.2 Å². The highest BCUT2D eigenvalue weighted by Crippen LogP contribution is 2.17. The zero-order chi connectivity index (χ0) is 17.9. The van der Waals surface area contributed by atoms with Gasteiger partial charge in [0.1, 0.15) is 6.04 Å². The summed E-state index contributed by atoms with van der Waals surface area (Å²) in [5.41, 5.74) is 0.189. The Bertz CT molecular complexity index is 872. The van der Waals surface area contributed by atoms with Crippen LogP contribution in [0.1, 0.15) is 36.7 Å². The lowest BCUT2D eigenvalue weighted by atomic mass is 10.1. The SMILES string of the molecule is CCCC[C@H](NC(=O)c1nc(S(C)(=O)=O)n2ccccc12)C(=O)O. The predicted molar refractivity (Wildman–Crippen MR) is 86.7 cm³/mol. The van der Waals surface area contributed by atoms with E-state index in [1.807, 2.05) is 6.92 Å². The molecular formula is C15H19N3O5S. The van der Waals surface area contributed by atoms with Crippen LogP contribution in [0, 0.1) is 0 Å². The van der Waals surface area contributed by atoms with Gasteiger partial charge in [-0.05, 0) is 18.6 Å². The van der Waals surface area contributed by atoms with Gasteiger partial charge >= 0.3 is 5.97 Å². The lowest BCUT2D eigenvalue weighted by molar-refractivity contribution is -0.139. The van der Waals surface area contributed by atoms with E-state index < -0.39 is 27.8 Å². The number of nitrogens with zero attached hydrogens (tertiary/aromatic N) is 2. The normalized spacial score (nSPS) is 12.9. The van der Waals surface area contributed by atoms with Crippen LogP contribution in [0.2, 0.25) is 0 Å². The number of carbonyl (C=O) groups is 2. The van der Waals surface area contributed by atoms with Gasteiger partial charge in [0.25, 0.3) is 5.91 Å². The van der Waals surface area contributed by atoms with E-state index in [1.54, 1.807) is 18.2 Å². The third-order valence-electron chi connectivity index (χ3n) is 3.51. The Balaban J connectivity index is 2.41. The van der Waals surface area contributed by atoms with E-state index in [9.17, 15) is 23.1 Å². The highest BCUT2D eigenvalue weighted by atomic mass is 32.2. The summed E-state index contributed by atoms with van der Waals surface area (Å²) in [6, 6.07) is 3.77. The number of aliphatic carboxylic acids is 1. The highest BCUT2D eigenvalue weighted by molar-refractivity contribution is 7.90. The van der Waals surface area contributed by atoms with Crippen molar-refractivity contribution >= 4 is 27.2 Å². The van der Waals surface area contributed by atoms with Crippen molar-refractivity contribution in [3.8, 4) is 0 Å². The Morgan fingerprint density at radius 2 is 2.08 bits per heavy atom. The van der Waals surface area contributed by atoms with E-state index >= 15 is 0 Å². The monoisotopic (exact) mass is 353 g/mol. The van der Waals surface area contributed by atoms with Gasteiger partial charge in [-0.2, -0.15) is 0 Å². The number of unbranched alkanes of at least 4 members (excludes halogenated alkanes) is 1. The fourth-order valence-corrected chi connectivity index (χ4v) is 3.10. The second-order valence-corrected chi connectivity index (χ2v) is 7.39. The number of rotatable bonds is 7. The summed E-state index contributed by atoms with van der Waals surface area (Å²) in [4.78, 5) is 27.6. The van der Waals surface area contributed by atoms with Gasteiger partial charge in [-0.15, -0.1) is 0 Å². The molecule has 0 aliphatic carbocycles. The maximum absolute atomic E-state index is 12.4. The van der Waals surface area contributed by atoms with Gasteiger partial charge in [-0.3, -0.25) is 9.20 Å². The lowest BCUT2D eigenvalue weighted by Crippen LogP contribution is -2.41. The Hall–Kier alpha value is -2.42. The van der Waals surface area contributed by atoms with Gasteiger partial charge in [0, 0.05) is 12.5 Å². The summed E-state index contributed by atoms with van der Waals surface area (Å²) >= 11 is 0. The molecule has 2 aromatic heterocycles. The molecule has 0 radical (unpaired) electrons. The van der Waals surface area contributed by atoms with Crippen LogP contribution in [0.5, 0.6) is 0 Å². The second kappa shape index (κ2) is 7.00. The molecule has 8 nitrogen and oxygen atoms in total. The summed E-state index contributed by atoms with van der Waals surface area (Å²) in [5.74, 6) is -1.85. The number of fused-ring (bicyclic) bond motifs is 1. The van der Waals surface area contributed by atoms with Crippen molar-refractivity contribution < 1.29 is 23.1 Å². The first-order valence-electron chi connectivity index (χ1n) is 7.46. The fraction of sp³-hybridized carbons (Fsp3) is 0.400. The van der Waals surface area contributed by atoms with Gasteiger partial charge < -0.3 is 10.4 Å². The van der Waals surface area contributed by atoms with Crippen molar-refractivity contribution in [1.29, 1.82) is 0 Å². The highest BCUT2D eigenvalue weighted by Gasteiger charge is 2.26. The molecule has 9 heteroatoms. The van der Waals surface area contributed by atoms with Crippen molar-refractivity contribution in [3.05, 3.63) is 30.1 Å². The predicted octanol–water partition coefficient (Wildman–Crippen LogP) is 1.11. The van der Waals surface area contributed by atoms with Crippen LogP contribution in [-0.2, 0) is 14.6 Å². The average molecular weight is 353 g/mol. The fourth-order valence-electron chi connectivity index (χ4n) is 2.33. The first kappa shape index (κ1) is 17.9. The van der Waals surface area contributed by atoms with E-state index in [-0.39, 0.29) is 10.9 Å². The quantitative estimate of drug-likeness (QED) is 0.770. The zero-order valence-electron chi connectivity index (χ0n) is 13.4. The molecule has 0 aromatic carbocycles. The van der Waals surface area contributed by atoms with Crippen LogP contribution in [0.4, 0.5) is 0 Å². The molecule has 0 bridgehead atoms. The number of sulfone groups is 1. The minimum absolute atomic E-state index is 0.112. The summed E-state index contributed by atoms with van der Waals surface area (Å²) in [5, 5.41) is 11.4. The van der Waals surface area contributed by atoms with E-state index in [1.165, 1.54) is 10.6 Å². The van der Waals surface area contributed by atoms with Crippen molar-refractivity contribution in [2.45, 2.75) is 37.4 Å². The number of pyridine rings is 1. The largest absolute Gasteiger partial charge is 0.480 e. The summed E-state index contributed by atoms with van der Waals surface area (Å²) < 4.78 is 25.0. The zero-order valence-corrected chi connectivity index (χ0v) is 14.2. The molecule has 130 valence electrons. The number of imidazole rings is 1. The van der Waals surface area contributed by atoms with Crippen LogP contribution in [0.25, 0.3) is 5.52 Å². The summed E-state index contributed by atoms with van der Waals surface area (Å²) in [6.45, 7) is 1.92. The molecule has 1 amide bonds. The van der Waals surface area contributed by atoms with Gasteiger partial charge in [-0.1, -0.05) is 25.8 Å². The van der Waals surface area contributed by atoms with Crippen molar-refractivity contribution in [2.75, 3.05) is 6.26 Å². The van der Waals surface area contributed by atoms with Gasteiger partial charge in [0.05, 0.1) is 5.52 Å². The molecule has 0 aliphatic rings. The molecule has 0 saturated carbocycles. The minimum Gasteiger partial charge on any atom is -0.480 e. The lowest BCUT2D eigenvalue weighted by Gasteiger charge is -2.13. The molecule has 24 heavy (non-hydrogen) atoms. The van der Waals surface area contributed by atoms with E-state index in [0.717, 1.165) is 12.7 Å². The van der Waals surface area contributed by atoms with Gasteiger partial charge in [0.15, 0.2) is 5.69 Å². The molecule has 0 fully saturated rings. The first-order chi connectivity index (χ1) is 11.3. The Kier molecular flexibility index (Phi) is 5.23. The summed E-state index contributed by atoms with van der Waals surface area (Å²) in [6.07, 6.45) is 4.22. The van der Waals surface area contributed by atoms with Gasteiger partial charge in [0.2, 0.25) is 15.0 Å². The third-order valence-corrected chi connectivity index (χ3v) is 4.46. The number of hydrogen-bond donors (Lipinski definition) is 2. The molecule has 0 aliphatic heterocycles. The Labute approximate surface area is 139 Å². The average Bonchev–Trinajstić information content (AvgIpc) is 2.90. The number of carboxylic acid groups (broad SMARTS) is 1. The molecule has 1 atom stereocenters. The van der Waals surface area contributed by atoms with Crippen LogP contribution < -0.4 is 5.32 Å². The molecule has 0 spiro atoms. The van der Waals surface area contributed by atoms with Crippen LogP contribution >= 0.6 is 0 Å². The number of nitrogens with one attached hydrogen (secondary N) is 1. The maximum Gasteiger partial charge on any atom is 0.326 e. The number of hydrogen-bond acceptors (Lipinski definition) is 5. The molecule has 2 N–H and O–H groups in total. The second-order valence-electron chi connectivity index (χ2n) is 5.48. The van der Waals surface area contributed by atoms with Crippen LogP contribution in [0.15, 0.2) is 29.6 Å². The number of aromatic nitrogens is 2. The molecule has 2 heterocycles. The minimum atomic E-state index is -3.65. The topological polar surface area (TPSA) is 118 Å². The molecule has 2 rings (SSSR count). The van der Waals surface area contributed by atoms with E-state index in [0.29, 0.717) is 18.4 Å².